The van der Waals surface area contributed by atoms with Gasteiger partial charge in [0.2, 0.25) is 5.89 Å². The zero-order valence-electron chi connectivity index (χ0n) is 11.2. The Kier molecular flexibility index (Phi) is 4.72. The molecule has 0 atom stereocenters. The molecule has 0 aliphatic heterocycles. The molecule has 1 fully saturated rings. The van der Waals surface area contributed by atoms with Crippen LogP contribution in [0.4, 0.5) is 0 Å². The second-order valence-electron chi connectivity index (χ2n) is 5.03. The lowest BCUT2D eigenvalue weighted by Crippen LogP contribution is -2.36. The summed E-state index contributed by atoms with van der Waals surface area (Å²) >= 11 is 0. The second-order valence-corrected chi connectivity index (χ2v) is 5.03. The van der Waals surface area contributed by atoms with Crippen molar-refractivity contribution in [3.05, 3.63) is 11.7 Å². The molecule has 2 rings (SSSR count). The van der Waals surface area contributed by atoms with E-state index in [1.54, 1.807) is 0 Å². The number of hydrogen-bond acceptors (Lipinski definition) is 5. The molecule has 1 aliphatic rings. The predicted octanol–water partition coefficient (Wildman–Crippen LogP) is 2.16. The Morgan fingerprint density at radius 3 is 2.67 bits per heavy atom. The van der Waals surface area contributed by atoms with Gasteiger partial charge in [-0.2, -0.15) is 4.98 Å². The lowest BCUT2D eigenvalue weighted by atomic mass is 9.91. The molecule has 2 N–H and O–H groups in total. The number of hydrogen-bond donors (Lipinski definition) is 1. The Morgan fingerprint density at radius 2 is 2.00 bits per heavy atom. The molecule has 0 amide bonds. The van der Waals surface area contributed by atoms with Crippen LogP contribution in [0.5, 0.6) is 0 Å². The minimum Gasteiger partial charge on any atom is -0.381 e. The zero-order valence-corrected chi connectivity index (χ0v) is 11.2. The molecule has 1 heterocycles. The topological polar surface area (TPSA) is 74.2 Å². The number of nitrogens with zero attached hydrogens (tertiary/aromatic N) is 2. The number of rotatable bonds is 5. The van der Waals surface area contributed by atoms with E-state index in [1.165, 1.54) is 12.8 Å². The molecule has 0 aromatic carbocycles. The minimum absolute atomic E-state index is 0.409. The maximum absolute atomic E-state index is 6.42. The normalized spacial score (nSPS) is 19.7. The van der Waals surface area contributed by atoms with Crippen LogP contribution in [0.15, 0.2) is 4.52 Å². The fraction of sp³-hybridized carbons (Fsp3) is 0.846. The van der Waals surface area contributed by atoms with Gasteiger partial charge in [-0.15, -0.1) is 0 Å². The molecule has 0 spiro atoms. The van der Waals surface area contributed by atoms with Gasteiger partial charge in [0.15, 0.2) is 5.82 Å². The first kappa shape index (κ1) is 13.5. The Morgan fingerprint density at radius 1 is 1.28 bits per heavy atom. The van der Waals surface area contributed by atoms with Gasteiger partial charge in [-0.05, 0) is 19.8 Å². The average Bonchev–Trinajstić information content (AvgIpc) is 2.73. The van der Waals surface area contributed by atoms with Crippen molar-refractivity contribution in [2.24, 2.45) is 5.73 Å². The smallest absolute Gasteiger partial charge is 0.246 e. The summed E-state index contributed by atoms with van der Waals surface area (Å²) in [5.41, 5.74) is 6.01. The van der Waals surface area contributed by atoms with Crippen LogP contribution in [-0.2, 0) is 16.7 Å². The van der Waals surface area contributed by atoms with Crippen molar-refractivity contribution in [3.8, 4) is 0 Å². The summed E-state index contributed by atoms with van der Waals surface area (Å²) in [6, 6.07) is 0. The summed E-state index contributed by atoms with van der Waals surface area (Å²) in [6.07, 6.45) is 7.38. The average molecular weight is 253 g/mol. The summed E-state index contributed by atoms with van der Waals surface area (Å²) in [6.45, 7) is 3.32. The van der Waals surface area contributed by atoms with E-state index in [0.717, 1.165) is 25.7 Å². The molecule has 5 heteroatoms. The lowest BCUT2D eigenvalue weighted by Gasteiger charge is -2.22. The van der Waals surface area contributed by atoms with E-state index < -0.39 is 5.54 Å². The van der Waals surface area contributed by atoms with Gasteiger partial charge in [-0.3, -0.25) is 0 Å². The summed E-state index contributed by atoms with van der Waals surface area (Å²) in [7, 11) is 0. The fourth-order valence-electron chi connectivity index (χ4n) is 2.44. The lowest BCUT2D eigenvalue weighted by molar-refractivity contribution is 0.149. The predicted molar refractivity (Wildman–Crippen MR) is 68.1 cm³/mol. The molecule has 1 saturated carbocycles. The van der Waals surface area contributed by atoms with Gasteiger partial charge < -0.3 is 15.0 Å². The van der Waals surface area contributed by atoms with Gasteiger partial charge in [-0.25, -0.2) is 0 Å². The summed E-state index contributed by atoms with van der Waals surface area (Å²) in [4.78, 5) is 4.44. The highest BCUT2D eigenvalue weighted by atomic mass is 16.5. The molecule has 1 aromatic rings. The standard InChI is InChI=1S/C13H23N3O2/c1-2-17-10-7-11-15-12(18-16-11)13(14)8-5-3-4-6-9-13/h2-10,14H2,1H3. The van der Waals surface area contributed by atoms with Crippen LogP contribution < -0.4 is 5.73 Å². The van der Waals surface area contributed by atoms with E-state index >= 15 is 0 Å². The monoisotopic (exact) mass is 253 g/mol. The van der Waals surface area contributed by atoms with Gasteiger partial charge in [-0.1, -0.05) is 30.8 Å². The second kappa shape index (κ2) is 6.29. The summed E-state index contributed by atoms with van der Waals surface area (Å²) in [5.74, 6) is 1.31. The molecule has 0 radical (unpaired) electrons. The van der Waals surface area contributed by atoms with Crippen molar-refractivity contribution >= 4 is 0 Å². The molecule has 0 bridgehead atoms. The van der Waals surface area contributed by atoms with Gasteiger partial charge in [0.1, 0.15) is 0 Å². The Bertz CT molecular complexity index is 357. The van der Waals surface area contributed by atoms with Crippen LogP contribution in [-0.4, -0.2) is 23.4 Å². The van der Waals surface area contributed by atoms with E-state index in [1.807, 2.05) is 6.92 Å². The van der Waals surface area contributed by atoms with Crippen LogP contribution >= 0.6 is 0 Å². The largest absolute Gasteiger partial charge is 0.381 e. The quantitative estimate of drug-likeness (QED) is 0.643. The van der Waals surface area contributed by atoms with Crippen LogP contribution in [0.2, 0.25) is 0 Å². The molecule has 1 aromatic heterocycles. The van der Waals surface area contributed by atoms with Gasteiger partial charge >= 0.3 is 0 Å². The van der Waals surface area contributed by atoms with Crippen LogP contribution in [0.3, 0.4) is 0 Å². The van der Waals surface area contributed by atoms with Crippen molar-refractivity contribution in [1.82, 2.24) is 10.1 Å². The number of nitrogens with two attached hydrogens (primary N) is 1. The van der Waals surface area contributed by atoms with E-state index in [0.29, 0.717) is 31.3 Å². The van der Waals surface area contributed by atoms with E-state index in [4.69, 9.17) is 15.0 Å². The Labute approximate surface area is 108 Å². The zero-order chi connectivity index (χ0) is 12.8. The van der Waals surface area contributed by atoms with Gasteiger partial charge in [0.05, 0.1) is 12.1 Å². The van der Waals surface area contributed by atoms with Crippen molar-refractivity contribution < 1.29 is 9.26 Å². The third kappa shape index (κ3) is 3.29. The van der Waals surface area contributed by atoms with Gasteiger partial charge in [0.25, 0.3) is 0 Å². The first-order chi connectivity index (χ1) is 8.74. The number of ether oxygens (including phenoxy) is 1. The maximum atomic E-state index is 6.42. The maximum Gasteiger partial charge on any atom is 0.246 e. The third-order valence-corrected chi connectivity index (χ3v) is 3.56. The summed E-state index contributed by atoms with van der Waals surface area (Å²) < 4.78 is 10.6. The first-order valence-electron chi connectivity index (χ1n) is 6.94. The van der Waals surface area contributed by atoms with Gasteiger partial charge in [0, 0.05) is 13.0 Å². The Balaban J connectivity index is 1.99. The summed E-state index contributed by atoms with van der Waals surface area (Å²) in [5, 5.41) is 3.99. The molecule has 18 heavy (non-hydrogen) atoms. The van der Waals surface area contributed by atoms with Crippen LogP contribution in [0, 0.1) is 0 Å². The molecule has 5 nitrogen and oxygen atoms in total. The fourth-order valence-corrected chi connectivity index (χ4v) is 2.44. The third-order valence-electron chi connectivity index (χ3n) is 3.56. The number of aromatic nitrogens is 2. The SMILES string of the molecule is CCOCCc1noc(C2(N)CCCCCC2)n1. The molecule has 1 aliphatic carbocycles. The molecule has 0 unspecified atom stereocenters. The highest BCUT2D eigenvalue weighted by molar-refractivity contribution is 5.03. The van der Waals surface area contributed by atoms with Crippen molar-refractivity contribution in [1.29, 1.82) is 0 Å². The molecular weight excluding hydrogens is 230 g/mol. The Hall–Kier alpha value is -0.940. The van der Waals surface area contributed by atoms with E-state index in [2.05, 4.69) is 10.1 Å². The van der Waals surface area contributed by atoms with E-state index in [9.17, 15) is 0 Å². The van der Waals surface area contributed by atoms with Crippen molar-refractivity contribution in [3.63, 3.8) is 0 Å². The molecular formula is C13H23N3O2. The van der Waals surface area contributed by atoms with Crippen LogP contribution in [0.1, 0.15) is 57.2 Å². The first-order valence-corrected chi connectivity index (χ1v) is 6.94. The highest BCUT2D eigenvalue weighted by Crippen LogP contribution is 2.32. The van der Waals surface area contributed by atoms with Crippen molar-refractivity contribution in [2.75, 3.05) is 13.2 Å². The highest BCUT2D eigenvalue weighted by Gasteiger charge is 2.34. The molecule has 102 valence electrons. The van der Waals surface area contributed by atoms with Crippen molar-refractivity contribution in [2.45, 2.75) is 57.4 Å². The molecule has 0 saturated heterocycles. The minimum atomic E-state index is -0.409. The van der Waals surface area contributed by atoms with Crippen LogP contribution in [0.25, 0.3) is 0 Å². The van der Waals surface area contributed by atoms with E-state index in [-0.39, 0.29) is 0 Å².